The van der Waals surface area contributed by atoms with Crippen LogP contribution in [0.5, 0.6) is 0 Å². The number of carbonyl (C=O) groups is 3. The largest absolute Gasteiger partial charge is 0.469 e. The van der Waals surface area contributed by atoms with E-state index in [1.165, 1.54) is 14.2 Å². The maximum Gasteiger partial charge on any atom is 0.328 e. The Morgan fingerprint density at radius 2 is 1.52 bits per heavy atom. The number of cyclic esters (lactones) is 1. The Labute approximate surface area is 180 Å². The molecule has 6 nitrogen and oxygen atoms in total. The second kappa shape index (κ2) is 8.02. The van der Waals surface area contributed by atoms with Crippen LogP contribution in [0, 0.1) is 23.2 Å². The van der Waals surface area contributed by atoms with Gasteiger partial charge in [0.15, 0.2) is 5.41 Å². The first-order valence-electron chi connectivity index (χ1n) is 10.2. The fraction of sp³-hybridized carbons (Fsp3) is 0.320. The van der Waals surface area contributed by atoms with E-state index in [1.807, 2.05) is 67.6 Å². The van der Waals surface area contributed by atoms with Crippen LogP contribution in [0.1, 0.15) is 18.1 Å². The quantitative estimate of drug-likeness (QED) is 0.429. The van der Waals surface area contributed by atoms with Crippen molar-refractivity contribution >= 4 is 29.1 Å². The van der Waals surface area contributed by atoms with Gasteiger partial charge in [-0.25, -0.2) is 0 Å². The van der Waals surface area contributed by atoms with Gasteiger partial charge in [-0.15, -0.1) is 0 Å². The number of benzene rings is 2. The Kier molecular flexibility index (Phi) is 5.39. The molecule has 160 valence electrons. The van der Waals surface area contributed by atoms with Crippen molar-refractivity contribution in [2.24, 2.45) is 23.2 Å². The van der Waals surface area contributed by atoms with Gasteiger partial charge in [0.1, 0.15) is 0 Å². The highest BCUT2D eigenvalue weighted by atomic mass is 16.6. The minimum Gasteiger partial charge on any atom is -0.469 e. The second-order valence-corrected chi connectivity index (χ2v) is 7.89. The highest BCUT2D eigenvalue weighted by Gasteiger charge is 2.68. The summed E-state index contributed by atoms with van der Waals surface area (Å²) in [6.45, 7) is 1.89. The summed E-state index contributed by atoms with van der Waals surface area (Å²) < 4.78 is 15.8. The number of esters is 3. The van der Waals surface area contributed by atoms with Crippen molar-refractivity contribution in [3.8, 4) is 0 Å². The molecule has 2 aromatic rings. The van der Waals surface area contributed by atoms with Gasteiger partial charge in [-0.05, 0) is 28.2 Å². The van der Waals surface area contributed by atoms with E-state index in [2.05, 4.69) is 0 Å². The van der Waals surface area contributed by atoms with E-state index in [9.17, 15) is 14.4 Å². The molecule has 1 aliphatic carbocycles. The monoisotopic (exact) mass is 420 g/mol. The van der Waals surface area contributed by atoms with Gasteiger partial charge in [0.05, 0.1) is 26.7 Å². The minimum absolute atomic E-state index is 0.0288. The maximum atomic E-state index is 13.4. The molecule has 0 radical (unpaired) electrons. The zero-order valence-corrected chi connectivity index (χ0v) is 17.7. The standard InChI is InChI=1S/C25H24O6/c1-15-18-14-31-24(28)25(18,23(27)30-3)21(17-12-8-5-9-13-17)20(19(15)22(26)29-2)16-10-6-4-7-11-16/h4-13,15,18-19H,14H2,1-3H3/t15-,18?,19-,25-/m1/s1. The predicted octanol–water partition coefficient (Wildman–Crippen LogP) is 3.37. The lowest BCUT2D eigenvalue weighted by molar-refractivity contribution is -0.162. The second-order valence-electron chi connectivity index (χ2n) is 7.89. The van der Waals surface area contributed by atoms with Gasteiger partial charge in [0.2, 0.25) is 0 Å². The van der Waals surface area contributed by atoms with Gasteiger partial charge in [0, 0.05) is 5.92 Å². The van der Waals surface area contributed by atoms with Crippen LogP contribution < -0.4 is 0 Å². The van der Waals surface area contributed by atoms with Crippen molar-refractivity contribution in [2.75, 3.05) is 20.8 Å². The normalized spacial score (nSPS) is 27.3. The Balaban J connectivity index is 2.18. The van der Waals surface area contributed by atoms with Crippen molar-refractivity contribution in [3.63, 3.8) is 0 Å². The molecule has 2 aliphatic rings. The molecule has 4 atom stereocenters. The van der Waals surface area contributed by atoms with E-state index in [4.69, 9.17) is 14.2 Å². The first kappa shape index (κ1) is 20.8. The van der Waals surface area contributed by atoms with Gasteiger partial charge in [0.25, 0.3) is 0 Å². The molecule has 0 amide bonds. The minimum atomic E-state index is -1.66. The zero-order valence-electron chi connectivity index (χ0n) is 17.7. The van der Waals surface area contributed by atoms with Crippen LogP contribution in [0.3, 0.4) is 0 Å². The third-order valence-corrected chi connectivity index (χ3v) is 6.52. The Morgan fingerprint density at radius 1 is 0.935 bits per heavy atom. The lowest BCUT2D eigenvalue weighted by atomic mass is 9.55. The summed E-state index contributed by atoms with van der Waals surface area (Å²) in [7, 11) is 2.61. The Morgan fingerprint density at radius 3 is 2.06 bits per heavy atom. The van der Waals surface area contributed by atoms with Crippen molar-refractivity contribution in [1.29, 1.82) is 0 Å². The summed E-state index contributed by atoms with van der Waals surface area (Å²) in [6, 6.07) is 18.5. The van der Waals surface area contributed by atoms with Crippen LogP contribution in [0.15, 0.2) is 60.7 Å². The summed E-state index contributed by atoms with van der Waals surface area (Å²) in [6.07, 6.45) is 0. The number of rotatable bonds is 4. The first-order chi connectivity index (χ1) is 15.0. The predicted molar refractivity (Wildman–Crippen MR) is 113 cm³/mol. The summed E-state index contributed by atoms with van der Waals surface area (Å²) in [4.78, 5) is 39.7. The zero-order chi connectivity index (χ0) is 22.2. The maximum absolute atomic E-state index is 13.4. The summed E-state index contributed by atoms with van der Waals surface area (Å²) in [5.41, 5.74) is 0.783. The van der Waals surface area contributed by atoms with E-state index in [0.717, 1.165) is 5.56 Å². The summed E-state index contributed by atoms with van der Waals surface area (Å²) in [5.74, 6) is -3.40. The summed E-state index contributed by atoms with van der Waals surface area (Å²) in [5, 5.41) is 0. The third-order valence-electron chi connectivity index (χ3n) is 6.52. The molecular formula is C25H24O6. The van der Waals surface area contributed by atoms with Gasteiger partial charge in [-0.1, -0.05) is 67.6 Å². The van der Waals surface area contributed by atoms with E-state index in [0.29, 0.717) is 16.7 Å². The molecule has 1 aliphatic heterocycles. The smallest absolute Gasteiger partial charge is 0.328 e. The SMILES string of the molecule is COC(=O)[C@H]1C(c2ccccc2)=C(c2ccccc2)[C@]2(C(=O)OC)C(=O)OCC2[C@H]1C. The van der Waals surface area contributed by atoms with Crippen LogP contribution in [0.4, 0.5) is 0 Å². The molecule has 1 saturated heterocycles. The molecule has 2 aromatic carbocycles. The number of hydrogen-bond acceptors (Lipinski definition) is 6. The van der Waals surface area contributed by atoms with Crippen LogP contribution in [-0.4, -0.2) is 38.7 Å². The van der Waals surface area contributed by atoms with E-state index >= 15 is 0 Å². The fourth-order valence-electron chi connectivity index (χ4n) is 5.14. The van der Waals surface area contributed by atoms with Crippen LogP contribution in [0.25, 0.3) is 11.1 Å². The molecule has 4 rings (SSSR count). The van der Waals surface area contributed by atoms with Crippen LogP contribution in [-0.2, 0) is 28.6 Å². The lowest BCUT2D eigenvalue weighted by Gasteiger charge is -2.44. The summed E-state index contributed by atoms with van der Waals surface area (Å²) >= 11 is 0. The molecule has 1 unspecified atom stereocenters. The molecule has 1 heterocycles. The highest BCUT2D eigenvalue weighted by Crippen LogP contribution is 2.60. The third kappa shape index (κ3) is 2.97. The topological polar surface area (TPSA) is 78.9 Å². The van der Waals surface area contributed by atoms with Gasteiger partial charge in [-0.2, -0.15) is 0 Å². The molecule has 0 saturated carbocycles. The average molecular weight is 420 g/mol. The van der Waals surface area contributed by atoms with Crippen molar-refractivity contribution in [2.45, 2.75) is 6.92 Å². The van der Waals surface area contributed by atoms with Crippen molar-refractivity contribution in [3.05, 3.63) is 71.8 Å². The molecule has 1 fully saturated rings. The molecule has 31 heavy (non-hydrogen) atoms. The molecule has 0 bridgehead atoms. The van der Waals surface area contributed by atoms with Gasteiger partial charge < -0.3 is 14.2 Å². The number of carbonyl (C=O) groups excluding carboxylic acids is 3. The van der Waals surface area contributed by atoms with Crippen LogP contribution in [0.2, 0.25) is 0 Å². The number of fused-ring (bicyclic) bond motifs is 1. The van der Waals surface area contributed by atoms with E-state index < -0.39 is 41.1 Å². The lowest BCUT2D eigenvalue weighted by Crippen LogP contribution is -2.51. The van der Waals surface area contributed by atoms with E-state index in [-0.39, 0.29) is 6.61 Å². The van der Waals surface area contributed by atoms with Crippen molar-refractivity contribution in [1.82, 2.24) is 0 Å². The average Bonchev–Trinajstić information content (AvgIpc) is 3.17. The number of ether oxygens (including phenoxy) is 3. The molecule has 6 heteroatoms. The van der Waals surface area contributed by atoms with Gasteiger partial charge >= 0.3 is 17.9 Å². The fourth-order valence-corrected chi connectivity index (χ4v) is 5.14. The van der Waals surface area contributed by atoms with Crippen LogP contribution >= 0.6 is 0 Å². The van der Waals surface area contributed by atoms with Gasteiger partial charge in [-0.3, -0.25) is 14.4 Å². The highest BCUT2D eigenvalue weighted by molar-refractivity contribution is 6.20. The molecule has 0 N–H and O–H groups in total. The van der Waals surface area contributed by atoms with Crippen molar-refractivity contribution < 1.29 is 28.6 Å². The molecule has 0 aromatic heterocycles. The first-order valence-corrected chi connectivity index (χ1v) is 10.2. The van der Waals surface area contributed by atoms with E-state index in [1.54, 1.807) is 0 Å². The Bertz CT molecular complexity index is 1040. The Hall–Kier alpha value is -3.41. The number of methoxy groups -OCH3 is 2. The number of hydrogen-bond donors (Lipinski definition) is 0. The molecular weight excluding hydrogens is 396 g/mol. The molecule has 0 spiro atoms.